The third-order valence-corrected chi connectivity index (χ3v) is 2.13. The highest BCUT2D eigenvalue weighted by Gasteiger charge is 2.21. The summed E-state index contributed by atoms with van der Waals surface area (Å²) in [5.41, 5.74) is 0.532. The van der Waals surface area contributed by atoms with Crippen molar-refractivity contribution in [2.75, 3.05) is 5.52 Å². The zero-order chi connectivity index (χ0) is 7.40. The second kappa shape index (κ2) is 4.29. The highest BCUT2D eigenvalue weighted by molar-refractivity contribution is 9.09. The maximum Gasteiger partial charge on any atom is 0.103 e. The summed E-state index contributed by atoms with van der Waals surface area (Å²) in [6.45, 7) is 0. The van der Waals surface area contributed by atoms with Gasteiger partial charge in [-0.3, -0.25) is 0 Å². The van der Waals surface area contributed by atoms with E-state index in [-0.39, 0.29) is 6.10 Å². The van der Waals surface area contributed by atoms with Crippen molar-refractivity contribution < 1.29 is 9.13 Å². The lowest BCUT2D eigenvalue weighted by Gasteiger charge is -2.23. The van der Waals surface area contributed by atoms with Crippen molar-refractivity contribution in [2.24, 2.45) is 0 Å². The molecule has 0 spiro atoms. The molecular formula is C7H12BrFO. The molecule has 0 aromatic heterocycles. The first kappa shape index (κ1) is 8.47. The molecule has 0 aromatic rings. The number of ether oxygens (including phenoxy) is 1. The van der Waals surface area contributed by atoms with E-state index in [1.54, 1.807) is 0 Å². The molecule has 0 bridgehead atoms. The van der Waals surface area contributed by atoms with Gasteiger partial charge in [-0.05, 0) is 19.3 Å². The number of rotatable bonds is 2. The number of hydrogen-bond donors (Lipinski definition) is 0. The molecule has 10 heavy (non-hydrogen) atoms. The Morgan fingerprint density at radius 3 is 2.90 bits per heavy atom. The summed E-state index contributed by atoms with van der Waals surface area (Å²) < 4.78 is 17.9. The monoisotopic (exact) mass is 210 g/mol. The number of hydrogen-bond acceptors (Lipinski definition) is 1. The molecule has 1 rings (SSSR count). The summed E-state index contributed by atoms with van der Waals surface area (Å²) in [5, 5.41) is 0. The predicted molar refractivity (Wildman–Crippen MR) is 42.0 cm³/mol. The van der Waals surface area contributed by atoms with Crippen molar-refractivity contribution in [3.05, 3.63) is 0 Å². The van der Waals surface area contributed by atoms with E-state index >= 15 is 0 Å². The smallest absolute Gasteiger partial charge is 0.103 e. The van der Waals surface area contributed by atoms with E-state index in [9.17, 15) is 4.39 Å². The van der Waals surface area contributed by atoms with Crippen LogP contribution in [0.3, 0.4) is 0 Å². The normalized spacial score (nSPS) is 34.2. The quantitative estimate of drug-likeness (QED) is 0.638. The lowest BCUT2D eigenvalue weighted by molar-refractivity contribution is 0.0338. The van der Waals surface area contributed by atoms with Crippen LogP contribution in [0.4, 0.5) is 4.39 Å². The van der Waals surface area contributed by atoms with Crippen molar-refractivity contribution in [1.29, 1.82) is 0 Å². The third kappa shape index (κ3) is 2.54. The van der Waals surface area contributed by atoms with Gasteiger partial charge in [0.25, 0.3) is 0 Å². The van der Waals surface area contributed by atoms with Crippen LogP contribution in [-0.4, -0.2) is 17.8 Å². The van der Waals surface area contributed by atoms with Crippen molar-refractivity contribution >= 4 is 15.9 Å². The highest BCUT2D eigenvalue weighted by Crippen LogP contribution is 2.23. The summed E-state index contributed by atoms with van der Waals surface area (Å²) >= 11 is 3.16. The van der Waals surface area contributed by atoms with Gasteiger partial charge in [0.05, 0.1) is 6.10 Å². The van der Waals surface area contributed by atoms with Crippen LogP contribution in [-0.2, 0) is 4.74 Å². The minimum atomic E-state index is -0.627. The maximum atomic E-state index is 12.7. The van der Waals surface area contributed by atoms with Crippen molar-refractivity contribution in [3.8, 4) is 0 Å². The Labute approximate surface area is 69.1 Å². The molecule has 1 nitrogen and oxygen atoms in total. The van der Waals surface area contributed by atoms with Crippen LogP contribution in [0, 0.1) is 0 Å². The molecule has 0 radical (unpaired) electrons. The Bertz CT molecular complexity index is 97.6. The highest BCUT2D eigenvalue weighted by atomic mass is 79.9. The van der Waals surface area contributed by atoms with E-state index < -0.39 is 6.17 Å². The summed E-state index contributed by atoms with van der Waals surface area (Å²) in [4.78, 5) is 0. The molecule has 0 saturated heterocycles. The first-order valence-corrected chi connectivity index (χ1v) is 4.76. The van der Waals surface area contributed by atoms with Crippen LogP contribution in [0.2, 0.25) is 0 Å². The van der Waals surface area contributed by atoms with Gasteiger partial charge < -0.3 is 4.74 Å². The Morgan fingerprint density at radius 2 is 2.30 bits per heavy atom. The fourth-order valence-corrected chi connectivity index (χ4v) is 1.70. The van der Waals surface area contributed by atoms with Gasteiger partial charge in [-0.1, -0.05) is 15.9 Å². The van der Waals surface area contributed by atoms with Gasteiger partial charge in [-0.2, -0.15) is 0 Å². The fourth-order valence-electron chi connectivity index (χ4n) is 1.33. The SMILES string of the molecule is FC1CCCC(OCBr)C1. The van der Waals surface area contributed by atoms with Crippen LogP contribution in [0.1, 0.15) is 25.7 Å². The average Bonchev–Trinajstić information content (AvgIpc) is 1.88. The molecular weight excluding hydrogens is 199 g/mol. The number of halogens is 2. The molecule has 1 aliphatic rings. The van der Waals surface area contributed by atoms with Gasteiger partial charge in [0.15, 0.2) is 0 Å². The third-order valence-electron chi connectivity index (χ3n) is 1.86. The fraction of sp³-hybridized carbons (Fsp3) is 1.00. The summed E-state index contributed by atoms with van der Waals surface area (Å²) in [5.74, 6) is 0. The summed E-state index contributed by atoms with van der Waals surface area (Å²) in [6.07, 6.45) is 2.83. The summed E-state index contributed by atoms with van der Waals surface area (Å²) in [6, 6.07) is 0. The molecule has 0 aromatic carbocycles. The maximum absolute atomic E-state index is 12.7. The molecule has 0 aliphatic heterocycles. The van der Waals surface area contributed by atoms with Crippen LogP contribution in [0.15, 0.2) is 0 Å². The minimum Gasteiger partial charge on any atom is -0.367 e. The van der Waals surface area contributed by atoms with Gasteiger partial charge in [0, 0.05) is 6.42 Å². The first-order valence-electron chi connectivity index (χ1n) is 3.64. The van der Waals surface area contributed by atoms with E-state index in [2.05, 4.69) is 15.9 Å². The zero-order valence-electron chi connectivity index (χ0n) is 5.85. The topological polar surface area (TPSA) is 9.23 Å². The molecule has 0 amide bonds. The van der Waals surface area contributed by atoms with Crippen molar-refractivity contribution in [1.82, 2.24) is 0 Å². The van der Waals surface area contributed by atoms with E-state index in [0.717, 1.165) is 19.3 Å². The Kier molecular flexibility index (Phi) is 3.63. The first-order chi connectivity index (χ1) is 4.83. The van der Waals surface area contributed by atoms with Crippen molar-refractivity contribution in [2.45, 2.75) is 38.0 Å². The van der Waals surface area contributed by atoms with Gasteiger partial charge in [-0.15, -0.1) is 0 Å². The molecule has 60 valence electrons. The van der Waals surface area contributed by atoms with Gasteiger partial charge in [0.1, 0.15) is 11.7 Å². The van der Waals surface area contributed by atoms with E-state index in [4.69, 9.17) is 4.74 Å². The van der Waals surface area contributed by atoms with E-state index in [1.165, 1.54) is 0 Å². The number of alkyl halides is 2. The van der Waals surface area contributed by atoms with Crippen LogP contribution in [0.5, 0.6) is 0 Å². The molecule has 2 atom stereocenters. The minimum absolute atomic E-state index is 0.156. The van der Waals surface area contributed by atoms with Crippen LogP contribution >= 0.6 is 15.9 Å². The Morgan fingerprint density at radius 1 is 1.50 bits per heavy atom. The lowest BCUT2D eigenvalue weighted by atomic mass is 9.96. The predicted octanol–water partition coefficient (Wildman–Crippen LogP) is 2.64. The van der Waals surface area contributed by atoms with Gasteiger partial charge in [0.2, 0.25) is 0 Å². The lowest BCUT2D eigenvalue weighted by Crippen LogP contribution is -2.23. The van der Waals surface area contributed by atoms with Crippen LogP contribution in [0.25, 0.3) is 0 Å². The van der Waals surface area contributed by atoms with Gasteiger partial charge in [-0.25, -0.2) is 4.39 Å². The van der Waals surface area contributed by atoms with Gasteiger partial charge >= 0.3 is 0 Å². The Hall–Kier alpha value is 0.370. The molecule has 1 saturated carbocycles. The van der Waals surface area contributed by atoms with E-state index in [0.29, 0.717) is 11.9 Å². The second-order valence-corrected chi connectivity index (χ2v) is 3.12. The van der Waals surface area contributed by atoms with Crippen molar-refractivity contribution in [3.63, 3.8) is 0 Å². The molecule has 2 unspecified atom stereocenters. The van der Waals surface area contributed by atoms with E-state index in [1.807, 2.05) is 0 Å². The molecule has 1 aliphatic carbocycles. The second-order valence-electron chi connectivity index (χ2n) is 2.66. The zero-order valence-corrected chi connectivity index (χ0v) is 7.44. The largest absolute Gasteiger partial charge is 0.367 e. The Balaban J connectivity index is 2.18. The molecule has 1 fully saturated rings. The summed E-state index contributed by atoms with van der Waals surface area (Å²) in [7, 11) is 0. The molecule has 3 heteroatoms. The van der Waals surface area contributed by atoms with Crippen LogP contribution < -0.4 is 0 Å². The standard InChI is InChI=1S/C7H12BrFO/c8-5-10-7-3-1-2-6(9)4-7/h6-7H,1-5H2. The average molecular weight is 211 g/mol. The molecule has 0 N–H and O–H groups in total. The molecule has 0 heterocycles.